The van der Waals surface area contributed by atoms with E-state index in [9.17, 15) is 19.3 Å². The molecular weight excluding hydrogens is 291 g/mol. The highest BCUT2D eigenvalue weighted by atomic mass is 19.1. The zero-order valence-corrected chi connectivity index (χ0v) is 11.6. The third kappa shape index (κ3) is 2.24. The third-order valence-electron chi connectivity index (χ3n) is 3.44. The number of aryl methyl sites for hydroxylation is 1. The summed E-state index contributed by atoms with van der Waals surface area (Å²) in [5.74, 6) is 0.105. The first-order valence-electron chi connectivity index (χ1n) is 6.42. The molecule has 0 unspecified atom stereocenters. The van der Waals surface area contributed by atoms with Gasteiger partial charge in [0.05, 0.1) is 22.5 Å². The van der Waals surface area contributed by atoms with Crippen molar-refractivity contribution >= 4 is 16.7 Å². The van der Waals surface area contributed by atoms with E-state index in [-0.39, 0.29) is 6.54 Å². The first kappa shape index (κ1) is 13.9. The summed E-state index contributed by atoms with van der Waals surface area (Å²) in [7, 11) is 1.74. The fourth-order valence-electron chi connectivity index (χ4n) is 2.30. The Hall–Kier alpha value is -3.03. The van der Waals surface area contributed by atoms with Crippen molar-refractivity contribution in [2.45, 2.75) is 6.54 Å². The number of aromatic nitrogens is 3. The van der Waals surface area contributed by atoms with Gasteiger partial charge in [-0.1, -0.05) is 0 Å². The molecule has 112 valence electrons. The quantitative estimate of drug-likeness (QED) is 0.546. The highest BCUT2D eigenvalue weighted by molar-refractivity contribution is 5.75. The second-order valence-electron chi connectivity index (χ2n) is 4.80. The van der Waals surface area contributed by atoms with Crippen LogP contribution in [0.4, 0.5) is 10.1 Å². The third-order valence-corrected chi connectivity index (χ3v) is 3.44. The first-order valence-corrected chi connectivity index (χ1v) is 6.42. The van der Waals surface area contributed by atoms with E-state index in [1.807, 2.05) is 0 Å². The van der Waals surface area contributed by atoms with Crippen LogP contribution >= 0.6 is 0 Å². The van der Waals surface area contributed by atoms with E-state index in [2.05, 4.69) is 4.98 Å². The Morgan fingerprint density at radius 1 is 1.36 bits per heavy atom. The smallest absolute Gasteiger partial charge is 0.330 e. The van der Waals surface area contributed by atoms with Gasteiger partial charge in [-0.05, 0) is 18.2 Å². The maximum atomic E-state index is 13.2. The van der Waals surface area contributed by atoms with Crippen LogP contribution in [0.1, 0.15) is 5.82 Å². The van der Waals surface area contributed by atoms with E-state index in [1.165, 1.54) is 29.0 Å². The number of imidazole rings is 1. The maximum absolute atomic E-state index is 13.2. The molecule has 0 bridgehead atoms. The molecule has 0 aliphatic carbocycles. The molecule has 7 nitrogen and oxygen atoms in total. The van der Waals surface area contributed by atoms with Crippen molar-refractivity contribution in [3.05, 3.63) is 68.6 Å². The first-order chi connectivity index (χ1) is 10.5. The number of halogens is 1. The molecule has 8 heteroatoms. The van der Waals surface area contributed by atoms with Crippen molar-refractivity contribution < 1.29 is 9.31 Å². The van der Waals surface area contributed by atoms with E-state index >= 15 is 0 Å². The molecule has 0 N–H and O–H groups in total. The number of rotatable bonds is 3. The van der Waals surface area contributed by atoms with Crippen LogP contribution < -0.4 is 5.56 Å². The molecule has 0 atom stereocenters. The number of pyridine rings is 1. The lowest BCUT2D eigenvalue weighted by Crippen LogP contribution is -2.23. The van der Waals surface area contributed by atoms with E-state index in [0.717, 1.165) is 11.6 Å². The summed E-state index contributed by atoms with van der Waals surface area (Å²) in [5.41, 5.74) is -0.0103. The summed E-state index contributed by atoms with van der Waals surface area (Å²) in [4.78, 5) is 26.4. The van der Waals surface area contributed by atoms with Crippen LogP contribution in [0, 0.1) is 15.9 Å². The van der Waals surface area contributed by atoms with Crippen LogP contribution in [0.3, 0.4) is 0 Å². The fraction of sp³-hybridized carbons (Fsp3) is 0.143. The van der Waals surface area contributed by atoms with E-state index in [1.54, 1.807) is 17.7 Å². The van der Waals surface area contributed by atoms with E-state index in [4.69, 9.17) is 0 Å². The topological polar surface area (TPSA) is 83.0 Å². The van der Waals surface area contributed by atoms with Crippen molar-refractivity contribution in [1.29, 1.82) is 0 Å². The summed E-state index contributed by atoms with van der Waals surface area (Å²) in [6.07, 6.45) is 1.45. The normalized spacial score (nSPS) is 11.0. The van der Waals surface area contributed by atoms with Crippen molar-refractivity contribution in [3.63, 3.8) is 0 Å². The Morgan fingerprint density at radius 2 is 2.14 bits per heavy atom. The molecule has 0 aliphatic rings. The molecule has 0 saturated carbocycles. The van der Waals surface area contributed by atoms with Crippen molar-refractivity contribution in [3.8, 4) is 0 Å². The molecule has 3 rings (SSSR count). The van der Waals surface area contributed by atoms with Gasteiger partial charge in [-0.3, -0.25) is 14.9 Å². The Balaban J connectivity index is 2.07. The molecule has 0 fully saturated rings. The molecule has 0 aliphatic heterocycles. The molecule has 3 aromatic rings. The Bertz CT molecular complexity index is 945. The van der Waals surface area contributed by atoms with Gasteiger partial charge in [0, 0.05) is 25.4 Å². The standard InChI is InChI=1S/C14H11FN4O3/c1-17-11-5-4-9(15)7-10(11)16-13(17)8-18-6-2-3-12(14(18)20)19(21)22/h2-7H,8H2,1H3. The highest BCUT2D eigenvalue weighted by Gasteiger charge is 2.15. The van der Waals surface area contributed by atoms with Gasteiger partial charge >= 0.3 is 11.2 Å². The average Bonchev–Trinajstić information content (AvgIpc) is 2.76. The summed E-state index contributed by atoms with van der Waals surface area (Å²) in [5, 5.41) is 10.8. The number of benzene rings is 1. The minimum atomic E-state index is -0.719. The molecule has 22 heavy (non-hydrogen) atoms. The molecule has 0 amide bonds. The summed E-state index contributed by atoms with van der Waals surface area (Å²) >= 11 is 0. The van der Waals surface area contributed by atoms with Crippen LogP contribution in [0.2, 0.25) is 0 Å². The lowest BCUT2D eigenvalue weighted by Gasteiger charge is -2.05. The molecule has 2 heterocycles. The van der Waals surface area contributed by atoms with Gasteiger partial charge in [0.15, 0.2) is 0 Å². The lowest BCUT2D eigenvalue weighted by atomic mass is 10.3. The zero-order chi connectivity index (χ0) is 15.9. The van der Waals surface area contributed by atoms with Gasteiger partial charge in [-0.25, -0.2) is 9.37 Å². The SMILES string of the molecule is Cn1c(Cn2cccc([N+](=O)[O-])c2=O)nc2cc(F)ccc21. The number of hydrogen-bond acceptors (Lipinski definition) is 4. The van der Waals surface area contributed by atoms with Crippen LogP contribution in [-0.4, -0.2) is 19.0 Å². The van der Waals surface area contributed by atoms with Crippen LogP contribution in [0.15, 0.2) is 41.3 Å². The number of nitro groups is 1. The molecule has 0 radical (unpaired) electrons. The second-order valence-corrected chi connectivity index (χ2v) is 4.80. The Labute approximate surface area is 123 Å². The monoisotopic (exact) mass is 302 g/mol. The van der Waals surface area contributed by atoms with E-state index in [0.29, 0.717) is 11.3 Å². The lowest BCUT2D eigenvalue weighted by molar-refractivity contribution is -0.386. The van der Waals surface area contributed by atoms with Gasteiger partial charge in [-0.2, -0.15) is 0 Å². The van der Waals surface area contributed by atoms with Crippen molar-refractivity contribution in [2.24, 2.45) is 7.05 Å². The highest BCUT2D eigenvalue weighted by Crippen LogP contribution is 2.16. The minimum absolute atomic E-state index is 0.0628. The van der Waals surface area contributed by atoms with Gasteiger partial charge < -0.3 is 9.13 Å². The van der Waals surface area contributed by atoms with Gasteiger partial charge in [0.2, 0.25) is 0 Å². The maximum Gasteiger partial charge on any atom is 0.334 e. The predicted octanol–water partition coefficient (Wildman–Crippen LogP) is 1.83. The molecule has 0 saturated heterocycles. The van der Waals surface area contributed by atoms with E-state index < -0.39 is 22.0 Å². The van der Waals surface area contributed by atoms with Crippen LogP contribution in [0.25, 0.3) is 11.0 Å². The number of hydrogen-bond donors (Lipinski definition) is 0. The largest absolute Gasteiger partial charge is 0.334 e. The summed E-state index contributed by atoms with van der Waals surface area (Å²) in [6, 6.07) is 6.81. The minimum Gasteiger partial charge on any atom is -0.330 e. The van der Waals surface area contributed by atoms with Crippen LogP contribution in [-0.2, 0) is 13.6 Å². The van der Waals surface area contributed by atoms with Crippen molar-refractivity contribution in [1.82, 2.24) is 14.1 Å². The van der Waals surface area contributed by atoms with Gasteiger partial charge in [-0.15, -0.1) is 0 Å². The average molecular weight is 302 g/mol. The zero-order valence-electron chi connectivity index (χ0n) is 11.6. The second kappa shape index (κ2) is 5.06. The Kier molecular flexibility index (Phi) is 3.21. The fourth-order valence-corrected chi connectivity index (χ4v) is 2.30. The molecule has 0 spiro atoms. The van der Waals surface area contributed by atoms with Crippen LogP contribution in [0.5, 0.6) is 0 Å². The number of fused-ring (bicyclic) bond motifs is 1. The van der Waals surface area contributed by atoms with Crippen molar-refractivity contribution in [2.75, 3.05) is 0 Å². The predicted molar refractivity (Wildman–Crippen MR) is 77.1 cm³/mol. The van der Waals surface area contributed by atoms with Gasteiger partial charge in [0.25, 0.3) is 0 Å². The number of nitrogens with zero attached hydrogens (tertiary/aromatic N) is 4. The van der Waals surface area contributed by atoms with Gasteiger partial charge in [0.1, 0.15) is 11.6 Å². The summed E-state index contributed by atoms with van der Waals surface area (Å²) < 4.78 is 16.2. The molecule has 1 aromatic carbocycles. The molecular formula is C14H11FN4O3. The molecule has 2 aromatic heterocycles. The Morgan fingerprint density at radius 3 is 2.86 bits per heavy atom. The summed E-state index contributed by atoms with van der Waals surface area (Å²) in [6.45, 7) is 0.0628.